The molecule has 0 aliphatic rings. The highest BCUT2D eigenvalue weighted by Gasteiger charge is 2.24. The Bertz CT molecular complexity index is 574. The Morgan fingerprint density at radius 2 is 2.33 bits per heavy atom. The van der Waals surface area contributed by atoms with E-state index in [0.29, 0.717) is 3.92 Å². The van der Waals surface area contributed by atoms with Crippen LogP contribution >= 0.6 is 38.9 Å². The highest BCUT2D eigenvalue weighted by atomic mass is 79.9. The Morgan fingerprint density at radius 3 is 2.93 bits per heavy atom. The van der Waals surface area contributed by atoms with Gasteiger partial charge in [0.1, 0.15) is 10.2 Å². The first kappa shape index (κ1) is 10.7. The molecule has 2 aromatic rings. The fraction of sp³-hybridized carbons (Fsp3) is 0. The molecule has 0 bridgehead atoms. The summed E-state index contributed by atoms with van der Waals surface area (Å²) in [4.78, 5) is 13.8. The van der Waals surface area contributed by atoms with Gasteiger partial charge < -0.3 is 0 Å². The highest BCUT2D eigenvalue weighted by molar-refractivity contribution is 9.11. The van der Waals surface area contributed by atoms with Gasteiger partial charge in [0, 0.05) is 6.07 Å². The van der Waals surface area contributed by atoms with E-state index in [1.54, 1.807) is 0 Å². The first-order valence-electron chi connectivity index (χ1n) is 3.59. The second-order valence-electron chi connectivity index (χ2n) is 2.59. The Balaban J connectivity index is 2.95. The zero-order chi connectivity index (χ0) is 11.2. The van der Waals surface area contributed by atoms with Crippen molar-refractivity contribution < 1.29 is 9.31 Å². The lowest BCUT2D eigenvalue weighted by Crippen LogP contribution is -1.92. The number of hydrogen-bond acceptors (Lipinski definition) is 4. The van der Waals surface area contributed by atoms with Gasteiger partial charge in [0.15, 0.2) is 3.92 Å². The molecular formula is C7HBrClFN2O2S. The number of halogens is 3. The summed E-state index contributed by atoms with van der Waals surface area (Å²) in [6.45, 7) is 0. The molecule has 1 aromatic carbocycles. The number of fused-ring (bicyclic) bond motifs is 1. The lowest BCUT2D eigenvalue weighted by atomic mass is 10.3. The summed E-state index contributed by atoms with van der Waals surface area (Å²) >= 11 is 9.76. The van der Waals surface area contributed by atoms with Gasteiger partial charge in [-0.15, -0.1) is 0 Å². The molecule has 0 N–H and O–H groups in total. The molecule has 0 unspecified atom stereocenters. The van der Waals surface area contributed by atoms with Gasteiger partial charge in [-0.3, -0.25) is 10.1 Å². The van der Waals surface area contributed by atoms with E-state index in [2.05, 4.69) is 20.9 Å². The van der Waals surface area contributed by atoms with E-state index in [9.17, 15) is 14.5 Å². The van der Waals surface area contributed by atoms with Gasteiger partial charge in [0.2, 0.25) is 5.82 Å². The molecule has 4 nitrogen and oxygen atoms in total. The highest BCUT2D eigenvalue weighted by Crippen LogP contribution is 2.38. The summed E-state index contributed by atoms with van der Waals surface area (Å²) in [6.07, 6.45) is 0. The molecule has 0 aliphatic carbocycles. The molecule has 15 heavy (non-hydrogen) atoms. The van der Waals surface area contributed by atoms with Crippen LogP contribution in [0.3, 0.4) is 0 Å². The van der Waals surface area contributed by atoms with Gasteiger partial charge in [-0.05, 0) is 15.9 Å². The monoisotopic (exact) mass is 310 g/mol. The summed E-state index contributed by atoms with van der Waals surface area (Å²) in [7, 11) is 0. The van der Waals surface area contributed by atoms with E-state index in [-0.39, 0.29) is 15.2 Å². The van der Waals surface area contributed by atoms with Crippen LogP contribution in [0.15, 0.2) is 9.98 Å². The molecule has 0 fully saturated rings. The van der Waals surface area contributed by atoms with Crippen molar-refractivity contribution in [2.24, 2.45) is 0 Å². The Hall–Kier alpha value is -0.790. The topological polar surface area (TPSA) is 56.0 Å². The van der Waals surface area contributed by atoms with Crippen LogP contribution in [0.2, 0.25) is 5.02 Å². The van der Waals surface area contributed by atoms with Crippen molar-refractivity contribution in [3.63, 3.8) is 0 Å². The maximum absolute atomic E-state index is 13.3. The van der Waals surface area contributed by atoms with E-state index in [4.69, 9.17) is 11.6 Å². The number of nitrogens with zero attached hydrogens (tertiary/aromatic N) is 2. The van der Waals surface area contributed by atoms with Crippen LogP contribution in [0.4, 0.5) is 10.1 Å². The summed E-state index contributed by atoms with van der Waals surface area (Å²) in [5.41, 5.74) is -0.348. The predicted molar refractivity (Wildman–Crippen MR) is 58.9 cm³/mol. The van der Waals surface area contributed by atoms with Crippen molar-refractivity contribution in [3.8, 4) is 0 Å². The summed E-state index contributed by atoms with van der Waals surface area (Å²) in [5.74, 6) is -0.950. The molecule has 0 radical (unpaired) electrons. The van der Waals surface area contributed by atoms with Crippen LogP contribution in [0.5, 0.6) is 0 Å². The Morgan fingerprint density at radius 1 is 1.67 bits per heavy atom. The lowest BCUT2D eigenvalue weighted by molar-refractivity contribution is -0.385. The average Bonchev–Trinajstić information content (AvgIpc) is 2.45. The van der Waals surface area contributed by atoms with Gasteiger partial charge in [0.25, 0.3) is 0 Å². The SMILES string of the molecule is O=[N+]([O-])c1c(F)cc(Cl)c2nc(Br)sc12. The van der Waals surface area contributed by atoms with E-state index in [1.165, 1.54) is 0 Å². The quantitative estimate of drug-likeness (QED) is 0.595. The maximum atomic E-state index is 13.3. The minimum absolute atomic E-state index is 0.0649. The third-order valence-corrected chi connectivity index (χ3v) is 3.51. The second-order valence-corrected chi connectivity index (χ2v) is 5.27. The van der Waals surface area contributed by atoms with Crippen LogP contribution in [-0.2, 0) is 0 Å². The molecule has 8 heteroatoms. The molecule has 0 saturated heterocycles. The normalized spacial score (nSPS) is 10.9. The molecule has 78 valence electrons. The summed E-state index contributed by atoms with van der Waals surface area (Å²) in [6, 6.07) is 0.897. The summed E-state index contributed by atoms with van der Waals surface area (Å²) in [5, 5.41) is 10.7. The van der Waals surface area contributed by atoms with Crippen LogP contribution in [0, 0.1) is 15.9 Å². The van der Waals surface area contributed by atoms with Crippen molar-refractivity contribution in [2.45, 2.75) is 0 Å². The zero-order valence-electron chi connectivity index (χ0n) is 6.83. The smallest absolute Gasteiger partial charge is 0.258 e. The van der Waals surface area contributed by atoms with Gasteiger partial charge in [-0.2, -0.15) is 4.39 Å². The predicted octanol–water partition coefficient (Wildman–Crippen LogP) is 3.76. The molecule has 0 spiro atoms. The third kappa shape index (κ3) is 1.70. The number of rotatable bonds is 1. The molecule has 0 amide bonds. The molecule has 1 heterocycles. The first-order valence-corrected chi connectivity index (χ1v) is 5.58. The standard InChI is InChI=1S/C7HBrClFN2O2S/c8-7-11-4-2(9)1-3(10)5(12(13)14)6(4)15-7/h1H. The number of aromatic nitrogens is 1. The van der Waals surface area contributed by atoms with E-state index in [1.807, 2.05) is 0 Å². The van der Waals surface area contributed by atoms with Gasteiger partial charge in [-0.25, -0.2) is 4.98 Å². The lowest BCUT2D eigenvalue weighted by Gasteiger charge is -1.96. The fourth-order valence-electron chi connectivity index (χ4n) is 1.14. The van der Waals surface area contributed by atoms with Crippen LogP contribution in [0.1, 0.15) is 0 Å². The molecule has 0 aliphatic heterocycles. The number of nitro groups is 1. The van der Waals surface area contributed by atoms with E-state index in [0.717, 1.165) is 17.4 Å². The van der Waals surface area contributed by atoms with Gasteiger partial charge >= 0.3 is 5.69 Å². The zero-order valence-corrected chi connectivity index (χ0v) is 9.99. The van der Waals surface area contributed by atoms with E-state index < -0.39 is 16.4 Å². The maximum Gasteiger partial charge on any atom is 0.324 e. The largest absolute Gasteiger partial charge is 0.324 e. The minimum atomic E-state index is -0.950. The Labute approximate surface area is 100.0 Å². The fourth-order valence-corrected chi connectivity index (χ4v) is 2.92. The van der Waals surface area contributed by atoms with Crippen molar-refractivity contribution in [3.05, 3.63) is 30.9 Å². The van der Waals surface area contributed by atoms with Gasteiger partial charge in [0.05, 0.1) is 9.95 Å². The van der Waals surface area contributed by atoms with Crippen molar-refractivity contribution in [2.75, 3.05) is 0 Å². The molecule has 0 atom stereocenters. The van der Waals surface area contributed by atoms with E-state index >= 15 is 0 Å². The third-order valence-electron chi connectivity index (χ3n) is 1.70. The van der Waals surface area contributed by atoms with Crippen molar-refractivity contribution in [1.82, 2.24) is 4.98 Å². The number of benzene rings is 1. The number of thiazole rings is 1. The van der Waals surface area contributed by atoms with Crippen LogP contribution in [0.25, 0.3) is 10.2 Å². The molecular weight excluding hydrogens is 311 g/mol. The molecule has 2 rings (SSSR count). The molecule has 1 aromatic heterocycles. The minimum Gasteiger partial charge on any atom is -0.258 e. The second kappa shape index (κ2) is 3.66. The van der Waals surface area contributed by atoms with Crippen LogP contribution < -0.4 is 0 Å². The summed E-state index contributed by atoms with van der Waals surface area (Å²) < 4.78 is 13.8. The van der Waals surface area contributed by atoms with Crippen molar-refractivity contribution in [1.29, 1.82) is 0 Å². The number of nitro benzene ring substituents is 1. The average molecular weight is 312 g/mol. The Kier molecular flexibility index (Phi) is 2.61. The van der Waals surface area contributed by atoms with Crippen LogP contribution in [-0.4, -0.2) is 9.91 Å². The number of hydrogen-bond donors (Lipinski definition) is 0. The molecule has 0 saturated carbocycles. The first-order chi connectivity index (χ1) is 7.00. The van der Waals surface area contributed by atoms with Gasteiger partial charge in [-0.1, -0.05) is 22.9 Å². The van der Waals surface area contributed by atoms with Crippen molar-refractivity contribution >= 4 is 54.8 Å².